The molecular formula is C24H31N5O2. The average molecular weight is 422 g/mol. The van der Waals surface area contributed by atoms with Gasteiger partial charge in [0, 0.05) is 24.2 Å². The Morgan fingerprint density at radius 3 is 2.48 bits per heavy atom. The smallest absolute Gasteiger partial charge is 0.251 e. The minimum absolute atomic E-state index is 0.00544. The van der Waals surface area contributed by atoms with E-state index >= 15 is 0 Å². The number of nitrogen functional groups attached to an aromatic ring is 1. The Labute approximate surface area is 183 Å². The van der Waals surface area contributed by atoms with Gasteiger partial charge in [0.15, 0.2) is 0 Å². The molecule has 2 aromatic carbocycles. The summed E-state index contributed by atoms with van der Waals surface area (Å²) in [5.74, 6) is 1.78. The van der Waals surface area contributed by atoms with Crippen molar-refractivity contribution in [3.63, 3.8) is 0 Å². The van der Waals surface area contributed by atoms with Crippen molar-refractivity contribution in [1.82, 2.24) is 10.2 Å². The fourth-order valence-corrected chi connectivity index (χ4v) is 3.79. The van der Waals surface area contributed by atoms with Crippen LogP contribution in [0.2, 0.25) is 0 Å². The Bertz CT molecular complexity index is 918. The zero-order valence-corrected chi connectivity index (χ0v) is 18.0. The minimum Gasteiger partial charge on any atom is -0.492 e. The Kier molecular flexibility index (Phi) is 7.65. The molecule has 1 aliphatic rings. The molecular weight excluding hydrogens is 390 g/mol. The van der Waals surface area contributed by atoms with Crippen molar-refractivity contribution in [2.75, 3.05) is 26.2 Å². The summed E-state index contributed by atoms with van der Waals surface area (Å²) in [5.41, 5.74) is 7.97. The van der Waals surface area contributed by atoms with Crippen LogP contribution in [0, 0.1) is 16.7 Å². The Balaban J connectivity index is 1.40. The molecule has 1 heterocycles. The van der Waals surface area contributed by atoms with Crippen molar-refractivity contribution < 1.29 is 9.53 Å². The summed E-state index contributed by atoms with van der Waals surface area (Å²) in [5, 5.41) is 18.1. The molecule has 7 heteroatoms. The fraction of sp³-hybridized carbons (Fsp3) is 0.375. The second-order valence-electron chi connectivity index (χ2n) is 7.96. The number of carbonyl (C=O) groups excluding carboxylic acids is 1. The molecule has 0 spiro atoms. The second-order valence-corrected chi connectivity index (χ2v) is 7.96. The van der Waals surface area contributed by atoms with Gasteiger partial charge in [0.25, 0.3) is 5.91 Å². The van der Waals surface area contributed by atoms with Crippen molar-refractivity contribution in [3.8, 4) is 5.75 Å². The number of nitrogens with two attached hydrogens (primary N) is 1. The molecule has 0 aromatic heterocycles. The number of benzene rings is 2. The Morgan fingerprint density at radius 1 is 1.13 bits per heavy atom. The highest BCUT2D eigenvalue weighted by molar-refractivity contribution is 5.95. The van der Waals surface area contributed by atoms with Gasteiger partial charge >= 0.3 is 0 Å². The lowest BCUT2D eigenvalue weighted by Crippen LogP contribution is -2.37. The van der Waals surface area contributed by atoms with Gasteiger partial charge in [-0.1, -0.05) is 24.3 Å². The van der Waals surface area contributed by atoms with Crippen LogP contribution >= 0.6 is 0 Å². The molecule has 1 fully saturated rings. The van der Waals surface area contributed by atoms with Crippen LogP contribution in [-0.2, 0) is 6.42 Å². The molecule has 31 heavy (non-hydrogen) atoms. The van der Waals surface area contributed by atoms with Crippen molar-refractivity contribution in [3.05, 3.63) is 65.2 Å². The molecule has 1 amide bonds. The van der Waals surface area contributed by atoms with E-state index in [2.05, 4.69) is 10.2 Å². The molecule has 0 bridgehead atoms. The second kappa shape index (κ2) is 10.6. The summed E-state index contributed by atoms with van der Waals surface area (Å²) in [4.78, 5) is 14.5. The average Bonchev–Trinajstić information content (AvgIpc) is 2.77. The molecule has 0 atom stereocenters. The van der Waals surface area contributed by atoms with E-state index < -0.39 is 0 Å². The molecule has 5 N–H and O–H groups in total. The van der Waals surface area contributed by atoms with E-state index in [-0.39, 0.29) is 11.7 Å². The predicted molar refractivity (Wildman–Crippen MR) is 123 cm³/mol. The maximum Gasteiger partial charge on any atom is 0.251 e. The van der Waals surface area contributed by atoms with Crippen molar-refractivity contribution in [2.24, 2.45) is 11.7 Å². The number of piperidine rings is 1. The predicted octanol–water partition coefficient (Wildman–Crippen LogP) is 3.03. The molecule has 2 aromatic rings. The van der Waals surface area contributed by atoms with Gasteiger partial charge in [-0.3, -0.25) is 15.6 Å². The number of ether oxygens (including phenoxy) is 1. The van der Waals surface area contributed by atoms with Crippen LogP contribution in [0.4, 0.5) is 0 Å². The highest BCUT2D eigenvalue weighted by Crippen LogP contribution is 2.22. The van der Waals surface area contributed by atoms with Gasteiger partial charge < -0.3 is 20.7 Å². The molecule has 3 rings (SSSR count). The molecule has 0 saturated carbocycles. The van der Waals surface area contributed by atoms with Crippen molar-refractivity contribution in [2.45, 2.75) is 26.2 Å². The highest BCUT2D eigenvalue weighted by atomic mass is 16.5. The van der Waals surface area contributed by atoms with Gasteiger partial charge in [-0.2, -0.15) is 0 Å². The number of amidine groups is 2. The topological polar surface area (TPSA) is 115 Å². The number of rotatable bonds is 8. The summed E-state index contributed by atoms with van der Waals surface area (Å²) >= 11 is 0. The Morgan fingerprint density at radius 2 is 1.84 bits per heavy atom. The van der Waals surface area contributed by atoms with E-state index in [1.165, 1.54) is 5.56 Å². The third kappa shape index (κ3) is 6.57. The number of hydrogen-bond acceptors (Lipinski definition) is 4. The van der Waals surface area contributed by atoms with Gasteiger partial charge in [0.2, 0.25) is 0 Å². The number of hydrogen-bond donors (Lipinski definition) is 4. The quantitative estimate of drug-likeness (QED) is 0.298. The first-order chi connectivity index (χ1) is 14.9. The van der Waals surface area contributed by atoms with Crippen LogP contribution in [-0.4, -0.2) is 48.7 Å². The van der Waals surface area contributed by atoms with E-state index in [4.69, 9.17) is 21.3 Å². The molecule has 1 aliphatic heterocycles. The molecule has 0 aliphatic carbocycles. The Hall–Kier alpha value is -3.35. The van der Waals surface area contributed by atoms with Crippen LogP contribution in [0.1, 0.15) is 41.3 Å². The molecule has 164 valence electrons. The first-order valence-corrected chi connectivity index (χ1v) is 10.7. The lowest BCUT2D eigenvalue weighted by Gasteiger charge is -2.32. The van der Waals surface area contributed by atoms with Gasteiger partial charge in [0.05, 0.1) is 12.4 Å². The SMILES string of the molecule is CC(=N)N1CCC(Cc2ccc(C(=O)NCCOc3cccc(C(=N)N)c3)cc2)CC1. The fourth-order valence-electron chi connectivity index (χ4n) is 3.79. The van der Waals surface area contributed by atoms with Crippen LogP contribution < -0.4 is 15.8 Å². The number of likely N-dealkylation sites (tertiary alicyclic amines) is 1. The first-order valence-electron chi connectivity index (χ1n) is 10.7. The van der Waals surface area contributed by atoms with Crippen LogP contribution in [0.15, 0.2) is 48.5 Å². The van der Waals surface area contributed by atoms with E-state index in [1.54, 1.807) is 24.3 Å². The summed E-state index contributed by atoms with van der Waals surface area (Å²) in [7, 11) is 0. The molecule has 1 saturated heterocycles. The number of amides is 1. The van der Waals surface area contributed by atoms with E-state index in [9.17, 15) is 4.79 Å². The van der Waals surface area contributed by atoms with Gasteiger partial charge in [0.1, 0.15) is 18.2 Å². The summed E-state index contributed by atoms with van der Waals surface area (Å²) < 4.78 is 5.63. The third-order valence-corrected chi connectivity index (χ3v) is 5.63. The van der Waals surface area contributed by atoms with Gasteiger partial charge in [-0.15, -0.1) is 0 Å². The van der Waals surface area contributed by atoms with Crippen LogP contribution in [0.25, 0.3) is 0 Å². The highest BCUT2D eigenvalue weighted by Gasteiger charge is 2.19. The summed E-state index contributed by atoms with van der Waals surface area (Å²) in [6, 6.07) is 14.9. The molecule has 0 radical (unpaired) electrons. The first kappa shape index (κ1) is 22.3. The zero-order chi connectivity index (χ0) is 22.2. The van der Waals surface area contributed by atoms with E-state index in [1.807, 2.05) is 31.2 Å². The van der Waals surface area contributed by atoms with Crippen LogP contribution in [0.3, 0.4) is 0 Å². The largest absolute Gasteiger partial charge is 0.492 e. The number of nitrogens with one attached hydrogen (secondary N) is 3. The number of nitrogens with zero attached hydrogens (tertiary/aromatic N) is 1. The lowest BCUT2D eigenvalue weighted by molar-refractivity contribution is 0.0947. The summed E-state index contributed by atoms with van der Waals surface area (Å²) in [6.45, 7) is 4.49. The zero-order valence-electron chi connectivity index (χ0n) is 18.0. The van der Waals surface area contributed by atoms with Crippen molar-refractivity contribution >= 4 is 17.6 Å². The summed E-state index contributed by atoms with van der Waals surface area (Å²) in [6.07, 6.45) is 3.22. The lowest BCUT2D eigenvalue weighted by atomic mass is 9.90. The monoisotopic (exact) mass is 421 g/mol. The third-order valence-electron chi connectivity index (χ3n) is 5.63. The van der Waals surface area contributed by atoms with Crippen LogP contribution in [0.5, 0.6) is 5.75 Å². The maximum atomic E-state index is 12.4. The van der Waals surface area contributed by atoms with E-state index in [0.717, 1.165) is 32.4 Å². The molecule has 0 unspecified atom stereocenters. The van der Waals surface area contributed by atoms with E-state index in [0.29, 0.717) is 41.8 Å². The maximum absolute atomic E-state index is 12.4. The molecule has 7 nitrogen and oxygen atoms in total. The number of carbonyl (C=O) groups is 1. The van der Waals surface area contributed by atoms with Gasteiger partial charge in [-0.05, 0) is 61.9 Å². The van der Waals surface area contributed by atoms with Gasteiger partial charge in [-0.25, -0.2) is 0 Å². The minimum atomic E-state index is -0.123. The normalized spacial score (nSPS) is 14.2. The standard InChI is InChI=1S/C24H31N5O2/c1-17(25)29-12-9-19(10-13-29)15-18-5-7-20(8-6-18)24(30)28-11-14-31-22-4-2-3-21(16-22)23(26)27/h2-8,16,19,25H,9-15H2,1H3,(H3,26,27)(H,28,30). The van der Waals surface area contributed by atoms with Crippen molar-refractivity contribution in [1.29, 1.82) is 10.8 Å².